The molecule has 1 fully saturated rings. The van der Waals surface area contributed by atoms with E-state index in [0.717, 1.165) is 38.8 Å². The smallest absolute Gasteiger partial charge is 0.409 e. The number of hydrogen-bond acceptors (Lipinski definition) is 4. The van der Waals surface area contributed by atoms with Gasteiger partial charge in [-0.2, -0.15) is 0 Å². The lowest BCUT2D eigenvalue weighted by Gasteiger charge is -2.31. The highest BCUT2D eigenvalue weighted by atomic mass is 16.6. The predicted molar refractivity (Wildman–Crippen MR) is 87.2 cm³/mol. The number of carbonyl (C=O) groups is 1. The second kappa shape index (κ2) is 7.92. The van der Waals surface area contributed by atoms with Crippen molar-refractivity contribution in [3.8, 4) is 5.75 Å². The first-order valence-electron chi connectivity index (χ1n) is 8.00. The summed E-state index contributed by atoms with van der Waals surface area (Å²) in [5.74, 6) is 1.15. The van der Waals surface area contributed by atoms with E-state index in [9.17, 15) is 4.79 Å². The van der Waals surface area contributed by atoms with Crippen LogP contribution in [-0.4, -0.2) is 37.8 Å². The van der Waals surface area contributed by atoms with Crippen LogP contribution in [0.5, 0.6) is 5.75 Å². The van der Waals surface area contributed by atoms with Crippen molar-refractivity contribution in [1.82, 2.24) is 4.90 Å². The molecule has 0 saturated carbocycles. The Hall–Kier alpha value is -1.91. The van der Waals surface area contributed by atoms with Crippen molar-refractivity contribution in [3.63, 3.8) is 0 Å². The Kier molecular flexibility index (Phi) is 5.92. The molecule has 1 amide bonds. The van der Waals surface area contributed by atoms with E-state index in [2.05, 4.69) is 13.0 Å². The zero-order valence-electron chi connectivity index (χ0n) is 13.5. The normalized spacial score (nSPS) is 15.6. The lowest BCUT2D eigenvalue weighted by molar-refractivity contribution is 0.0916. The number of unbranched alkanes of at least 4 members (excludes halogenated alkanes) is 1. The Labute approximate surface area is 132 Å². The fourth-order valence-corrected chi connectivity index (χ4v) is 2.80. The minimum Gasteiger partial charge on any atom is -0.495 e. The summed E-state index contributed by atoms with van der Waals surface area (Å²) in [6, 6.07) is 5.96. The van der Waals surface area contributed by atoms with E-state index in [1.54, 1.807) is 12.0 Å². The van der Waals surface area contributed by atoms with E-state index in [-0.39, 0.29) is 6.09 Å². The number of hydrogen-bond donors (Lipinski definition) is 1. The molecule has 1 saturated heterocycles. The number of nitrogen functional groups attached to an aromatic ring is 1. The number of anilines is 1. The molecule has 1 aromatic rings. The second-order valence-corrected chi connectivity index (χ2v) is 5.73. The summed E-state index contributed by atoms with van der Waals surface area (Å²) >= 11 is 0. The Bertz CT molecular complexity index is 497. The first kappa shape index (κ1) is 16.5. The molecule has 122 valence electrons. The van der Waals surface area contributed by atoms with E-state index in [4.69, 9.17) is 15.2 Å². The van der Waals surface area contributed by atoms with Crippen LogP contribution in [0.2, 0.25) is 0 Å². The topological polar surface area (TPSA) is 64.8 Å². The van der Waals surface area contributed by atoms with E-state index in [0.29, 0.717) is 24.0 Å². The highest BCUT2D eigenvalue weighted by Crippen LogP contribution is 2.32. The third-order valence-corrected chi connectivity index (χ3v) is 4.20. The molecule has 2 N–H and O–H groups in total. The minimum absolute atomic E-state index is 0.179. The van der Waals surface area contributed by atoms with E-state index in [1.165, 1.54) is 5.56 Å². The summed E-state index contributed by atoms with van der Waals surface area (Å²) in [5.41, 5.74) is 7.86. The van der Waals surface area contributed by atoms with Crippen LogP contribution >= 0.6 is 0 Å². The van der Waals surface area contributed by atoms with Gasteiger partial charge in [0.1, 0.15) is 5.75 Å². The molecular formula is C17H26N2O3. The number of piperidine rings is 1. The van der Waals surface area contributed by atoms with Crippen molar-refractivity contribution in [2.75, 3.05) is 32.5 Å². The van der Waals surface area contributed by atoms with Crippen LogP contribution in [-0.2, 0) is 4.74 Å². The first-order valence-corrected chi connectivity index (χ1v) is 8.00. The summed E-state index contributed by atoms with van der Waals surface area (Å²) in [6.07, 6.45) is 3.66. The average Bonchev–Trinajstić information content (AvgIpc) is 2.55. The third-order valence-electron chi connectivity index (χ3n) is 4.20. The number of ether oxygens (including phenoxy) is 2. The van der Waals surface area contributed by atoms with E-state index in [1.807, 2.05) is 12.1 Å². The SMILES string of the molecule is CCCCOC(=O)N1CCC(c2ccc(OC)c(N)c2)CC1. The monoisotopic (exact) mass is 306 g/mol. The van der Waals surface area contributed by atoms with Crippen molar-refractivity contribution in [3.05, 3.63) is 23.8 Å². The van der Waals surface area contributed by atoms with Crippen LogP contribution < -0.4 is 10.5 Å². The molecule has 0 bridgehead atoms. The zero-order valence-corrected chi connectivity index (χ0v) is 13.5. The number of nitrogens with two attached hydrogens (primary N) is 1. The quantitative estimate of drug-likeness (QED) is 0.669. The third kappa shape index (κ3) is 4.06. The first-order chi connectivity index (χ1) is 10.7. The molecule has 1 aromatic carbocycles. The van der Waals surface area contributed by atoms with Gasteiger partial charge in [0, 0.05) is 13.1 Å². The lowest BCUT2D eigenvalue weighted by atomic mass is 9.89. The molecule has 1 heterocycles. The molecule has 0 aliphatic carbocycles. The van der Waals surface area contributed by atoms with Gasteiger partial charge in [-0.25, -0.2) is 4.79 Å². The van der Waals surface area contributed by atoms with Gasteiger partial charge in [0.25, 0.3) is 0 Å². The number of rotatable bonds is 5. The van der Waals surface area contributed by atoms with E-state index < -0.39 is 0 Å². The molecule has 0 aromatic heterocycles. The molecule has 22 heavy (non-hydrogen) atoms. The standard InChI is InChI=1S/C17H26N2O3/c1-3-4-11-22-17(20)19-9-7-13(8-10-19)14-5-6-16(21-2)15(18)12-14/h5-6,12-13H,3-4,7-11,18H2,1-2H3. The number of likely N-dealkylation sites (tertiary alicyclic amines) is 1. The number of methoxy groups -OCH3 is 1. The molecular weight excluding hydrogens is 280 g/mol. The van der Waals surface area contributed by atoms with Crippen LogP contribution in [0, 0.1) is 0 Å². The maximum Gasteiger partial charge on any atom is 0.409 e. The Morgan fingerprint density at radius 1 is 1.36 bits per heavy atom. The van der Waals surface area contributed by atoms with Gasteiger partial charge in [-0.1, -0.05) is 19.4 Å². The summed E-state index contributed by atoms with van der Waals surface area (Å²) in [6.45, 7) is 4.08. The molecule has 0 atom stereocenters. The molecule has 0 unspecified atom stereocenters. The Morgan fingerprint density at radius 3 is 2.68 bits per heavy atom. The highest BCUT2D eigenvalue weighted by Gasteiger charge is 2.25. The van der Waals surface area contributed by atoms with Gasteiger partial charge in [-0.15, -0.1) is 0 Å². The van der Waals surface area contributed by atoms with Gasteiger partial charge in [0.05, 0.1) is 19.4 Å². The fraction of sp³-hybridized carbons (Fsp3) is 0.588. The fourth-order valence-electron chi connectivity index (χ4n) is 2.80. The zero-order chi connectivity index (χ0) is 15.9. The lowest BCUT2D eigenvalue weighted by Crippen LogP contribution is -2.38. The number of benzene rings is 1. The van der Waals surface area contributed by atoms with Gasteiger partial charge in [0.15, 0.2) is 0 Å². The highest BCUT2D eigenvalue weighted by molar-refractivity contribution is 5.67. The largest absolute Gasteiger partial charge is 0.495 e. The van der Waals surface area contributed by atoms with Gasteiger partial charge < -0.3 is 20.1 Å². The van der Waals surface area contributed by atoms with Crippen molar-refractivity contribution in [1.29, 1.82) is 0 Å². The molecule has 5 nitrogen and oxygen atoms in total. The molecule has 1 aliphatic rings. The summed E-state index contributed by atoms with van der Waals surface area (Å²) in [4.78, 5) is 13.7. The van der Waals surface area contributed by atoms with Crippen LogP contribution in [0.15, 0.2) is 18.2 Å². The molecule has 0 radical (unpaired) electrons. The van der Waals surface area contributed by atoms with Gasteiger partial charge in [-0.3, -0.25) is 0 Å². The van der Waals surface area contributed by atoms with Crippen molar-refractivity contribution in [2.45, 2.75) is 38.5 Å². The van der Waals surface area contributed by atoms with E-state index >= 15 is 0 Å². The molecule has 1 aliphatic heterocycles. The van der Waals surface area contributed by atoms with Gasteiger partial charge in [0.2, 0.25) is 0 Å². The van der Waals surface area contributed by atoms with Crippen molar-refractivity contribution >= 4 is 11.8 Å². The number of carbonyl (C=O) groups excluding carboxylic acids is 1. The maximum atomic E-state index is 11.9. The molecule has 0 spiro atoms. The van der Waals surface area contributed by atoms with Crippen LogP contribution in [0.25, 0.3) is 0 Å². The van der Waals surface area contributed by atoms with Crippen molar-refractivity contribution in [2.24, 2.45) is 0 Å². The summed E-state index contributed by atoms with van der Waals surface area (Å²) in [5, 5.41) is 0. The number of nitrogens with zero attached hydrogens (tertiary/aromatic N) is 1. The Morgan fingerprint density at radius 2 is 2.09 bits per heavy atom. The summed E-state index contributed by atoms with van der Waals surface area (Å²) < 4.78 is 10.5. The maximum absolute atomic E-state index is 11.9. The summed E-state index contributed by atoms with van der Waals surface area (Å²) in [7, 11) is 1.62. The van der Waals surface area contributed by atoms with Crippen molar-refractivity contribution < 1.29 is 14.3 Å². The van der Waals surface area contributed by atoms with Crippen LogP contribution in [0.4, 0.5) is 10.5 Å². The minimum atomic E-state index is -0.179. The van der Waals surface area contributed by atoms with Crippen LogP contribution in [0.1, 0.15) is 44.1 Å². The van der Waals surface area contributed by atoms with Gasteiger partial charge >= 0.3 is 6.09 Å². The number of amides is 1. The average molecular weight is 306 g/mol. The van der Waals surface area contributed by atoms with Crippen LogP contribution in [0.3, 0.4) is 0 Å². The molecule has 5 heteroatoms. The van der Waals surface area contributed by atoms with Gasteiger partial charge in [-0.05, 0) is 42.9 Å². The second-order valence-electron chi connectivity index (χ2n) is 5.73. The predicted octanol–water partition coefficient (Wildman–Crippen LogP) is 3.39. The Balaban J connectivity index is 1.86. The molecule has 2 rings (SSSR count).